The molecule has 0 aliphatic carbocycles. The van der Waals surface area contributed by atoms with Crippen LogP contribution in [0.2, 0.25) is 5.02 Å². The number of methoxy groups -OCH3 is 1. The van der Waals surface area contributed by atoms with Gasteiger partial charge in [0.1, 0.15) is 12.4 Å². The van der Waals surface area contributed by atoms with Crippen LogP contribution in [-0.4, -0.2) is 40.0 Å². The molecule has 1 saturated heterocycles. The van der Waals surface area contributed by atoms with Crippen LogP contribution < -0.4 is 15.4 Å². The van der Waals surface area contributed by atoms with Crippen LogP contribution in [0.5, 0.6) is 5.75 Å². The van der Waals surface area contributed by atoms with Crippen molar-refractivity contribution in [2.45, 2.75) is 47.1 Å². The second-order valence-corrected chi connectivity index (χ2v) is 5.85. The third kappa shape index (κ3) is 10.7. The molecule has 0 aromatic heterocycles. The number of halogens is 1. The minimum atomic E-state index is 0.540. The van der Waals surface area contributed by atoms with Crippen LogP contribution >= 0.6 is 11.6 Å². The summed E-state index contributed by atoms with van der Waals surface area (Å²) < 4.78 is 10.8. The van der Waals surface area contributed by atoms with E-state index in [1.54, 1.807) is 7.11 Å². The summed E-state index contributed by atoms with van der Waals surface area (Å²) >= 11 is 6.05. The van der Waals surface area contributed by atoms with Crippen molar-refractivity contribution in [2.24, 2.45) is 5.92 Å². The number of rotatable bonds is 8. The van der Waals surface area contributed by atoms with Crippen molar-refractivity contribution in [3.05, 3.63) is 28.8 Å². The first-order valence-corrected chi connectivity index (χ1v) is 9.99. The van der Waals surface area contributed by atoms with Gasteiger partial charge in [-0.05, 0) is 50.5 Å². The number of benzene rings is 1. The maximum absolute atomic E-state index is 6.05. The van der Waals surface area contributed by atoms with E-state index in [0.717, 1.165) is 43.4 Å². The molecule has 2 rings (SSSR count). The summed E-state index contributed by atoms with van der Waals surface area (Å²) in [6.07, 6.45) is 2.51. The van der Waals surface area contributed by atoms with Crippen LogP contribution in [-0.2, 0) is 11.3 Å². The van der Waals surface area contributed by atoms with E-state index in [-0.39, 0.29) is 0 Å². The van der Waals surface area contributed by atoms with Crippen LogP contribution in [0.3, 0.4) is 0 Å². The Morgan fingerprint density at radius 3 is 2.44 bits per heavy atom. The first-order valence-electron chi connectivity index (χ1n) is 9.61. The van der Waals surface area contributed by atoms with Crippen LogP contribution in [0.25, 0.3) is 0 Å². The van der Waals surface area contributed by atoms with Gasteiger partial charge in [0.2, 0.25) is 0 Å². The van der Waals surface area contributed by atoms with Crippen molar-refractivity contribution in [1.82, 2.24) is 10.6 Å². The lowest BCUT2D eigenvalue weighted by molar-refractivity contribution is 0.145. The molecule has 2 N–H and O–H groups in total. The topological polar surface area (TPSA) is 42.5 Å². The molecule has 5 heteroatoms. The lowest BCUT2D eigenvalue weighted by Gasteiger charge is -2.23. The quantitative estimate of drug-likeness (QED) is 0.659. The van der Waals surface area contributed by atoms with Gasteiger partial charge in [0.05, 0.1) is 6.61 Å². The molecule has 1 aliphatic rings. The smallest absolute Gasteiger partial charge is 0.125 e. The van der Waals surface area contributed by atoms with Crippen molar-refractivity contribution >= 4 is 11.6 Å². The zero-order valence-corrected chi connectivity index (χ0v) is 17.4. The van der Waals surface area contributed by atoms with Crippen LogP contribution in [0.15, 0.2) is 18.2 Å². The van der Waals surface area contributed by atoms with Gasteiger partial charge in [0.25, 0.3) is 0 Å². The number of hydrogen-bond donors (Lipinski definition) is 2. The number of piperidine rings is 1. The summed E-state index contributed by atoms with van der Waals surface area (Å²) in [7, 11) is 1.67. The molecule has 1 heterocycles. The Morgan fingerprint density at radius 2 is 1.80 bits per heavy atom. The van der Waals surface area contributed by atoms with Crippen LogP contribution in [0.4, 0.5) is 0 Å². The first kappa shape index (κ1) is 24.2. The van der Waals surface area contributed by atoms with Gasteiger partial charge in [0.15, 0.2) is 0 Å². The van der Waals surface area contributed by atoms with Gasteiger partial charge in [-0.15, -0.1) is 0 Å². The SMILES string of the molecule is CC.CC.COCCOc1cc(Cl)ccc1CNCC1CCNCC1. The molecule has 0 amide bonds. The zero-order valence-electron chi connectivity index (χ0n) is 16.7. The number of ether oxygens (including phenoxy) is 2. The lowest BCUT2D eigenvalue weighted by Crippen LogP contribution is -2.33. The first-order chi connectivity index (χ1) is 12.3. The molecule has 4 nitrogen and oxygen atoms in total. The third-order valence-corrected chi connectivity index (χ3v) is 4.02. The van der Waals surface area contributed by atoms with Gasteiger partial charge in [0, 0.05) is 24.2 Å². The van der Waals surface area contributed by atoms with Crippen molar-refractivity contribution in [2.75, 3.05) is 40.0 Å². The van der Waals surface area contributed by atoms with E-state index >= 15 is 0 Å². The van der Waals surface area contributed by atoms with Crippen molar-refractivity contribution < 1.29 is 9.47 Å². The predicted molar refractivity (Wildman–Crippen MR) is 109 cm³/mol. The Kier molecular flexibility index (Phi) is 16.1. The average molecular weight is 373 g/mol. The summed E-state index contributed by atoms with van der Waals surface area (Å²) in [6.45, 7) is 13.3. The molecular weight excluding hydrogens is 336 g/mol. The fourth-order valence-corrected chi connectivity index (χ4v) is 2.70. The Hall–Kier alpha value is -0.810. The molecule has 25 heavy (non-hydrogen) atoms. The van der Waals surface area contributed by atoms with E-state index in [9.17, 15) is 0 Å². The molecule has 0 atom stereocenters. The zero-order chi connectivity index (χ0) is 18.9. The highest BCUT2D eigenvalue weighted by Crippen LogP contribution is 2.23. The van der Waals surface area contributed by atoms with Gasteiger partial charge in [-0.1, -0.05) is 45.4 Å². The number of nitrogens with one attached hydrogen (secondary N) is 2. The van der Waals surface area contributed by atoms with Crippen LogP contribution in [0.1, 0.15) is 46.1 Å². The van der Waals surface area contributed by atoms with Crippen molar-refractivity contribution in [3.8, 4) is 5.75 Å². The van der Waals surface area contributed by atoms with Gasteiger partial charge in [-0.3, -0.25) is 0 Å². The summed E-state index contributed by atoms with van der Waals surface area (Å²) in [5, 5.41) is 7.63. The largest absolute Gasteiger partial charge is 0.491 e. The maximum atomic E-state index is 6.05. The molecule has 146 valence electrons. The second-order valence-electron chi connectivity index (χ2n) is 5.42. The van der Waals surface area contributed by atoms with E-state index in [0.29, 0.717) is 18.2 Å². The Morgan fingerprint density at radius 1 is 1.12 bits per heavy atom. The highest BCUT2D eigenvalue weighted by molar-refractivity contribution is 6.30. The Bertz CT molecular complexity index is 424. The predicted octanol–water partition coefficient (Wildman–Crippen LogP) is 4.51. The molecular formula is C20H37ClN2O2. The fourth-order valence-electron chi connectivity index (χ4n) is 2.54. The summed E-state index contributed by atoms with van der Waals surface area (Å²) in [6, 6.07) is 5.81. The molecule has 0 unspecified atom stereocenters. The Labute approximate surface area is 159 Å². The van der Waals surface area contributed by atoms with E-state index in [2.05, 4.69) is 10.6 Å². The van der Waals surface area contributed by atoms with Crippen LogP contribution in [0, 0.1) is 5.92 Å². The fraction of sp³-hybridized carbons (Fsp3) is 0.700. The Balaban J connectivity index is 0.00000134. The summed E-state index contributed by atoms with van der Waals surface area (Å²) in [5.74, 6) is 1.62. The number of hydrogen-bond acceptors (Lipinski definition) is 4. The van der Waals surface area contributed by atoms with E-state index in [1.807, 2.05) is 45.9 Å². The molecule has 0 saturated carbocycles. The van der Waals surface area contributed by atoms with Gasteiger partial charge < -0.3 is 20.1 Å². The molecule has 1 aromatic carbocycles. The monoisotopic (exact) mass is 372 g/mol. The average Bonchev–Trinajstić information content (AvgIpc) is 2.68. The van der Waals surface area contributed by atoms with Crippen molar-refractivity contribution in [3.63, 3.8) is 0 Å². The molecule has 0 spiro atoms. The highest BCUT2D eigenvalue weighted by atomic mass is 35.5. The summed E-state index contributed by atoms with van der Waals surface area (Å²) in [4.78, 5) is 0. The molecule has 0 radical (unpaired) electrons. The minimum Gasteiger partial charge on any atom is -0.491 e. The minimum absolute atomic E-state index is 0.540. The van der Waals surface area contributed by atoms with Gasteiger partial charge in [-0.25, -0.2) is 0 Å². The van der Waals surface area contributed by atoms with E-state index in [1.165, 1.54) is 12.8 Å². The standard InChI is InChI=1S/C16H25ClN2O2.2C2H6/c1-20-8-9-21-16-10-15(17)3-2-14(16)12-19-11-13-4-6-18-7-5-13;2*1-2/h2-3,10,13,18-19H,4-9,11-12H2,1H3;2*1-2H3. The molecule has 1 fully saturated rings. The van der Waals surface area contributed by atoms with E-state index in [4.69, 9.17) is 21.1 Å². The van der Waals surface area contributed by atoms with E-state index < -0.39 is 0 Å². The molecule has 1 aromatic rings. The van der Waals surface area contributed by atoms with Gasteiger partial charge >= 0.3 is 0 Å². The van der Waals surface area contributed by atoms with Crippen molar-refractivity contribution in [1.29, 1.82) is 0 Å². The molecule has 0 bridgehead atoms. The third-order valence-electron chi connectivity index (χ3n) is 3.78. The highest BCUT2D eigenvalue weighted by Gasteiger charge is 2.12. The lowest BCUT2D eigenvalue weighted by atomic mass is 9.98. The maximum Gasteiger partial charge on any atom is 0.125 e. The van der Waals surface area contributed by atoms with Gasteiger partial charge in [-0.2, -0.15) is 0 Å². The molecule has 1 aliphatic heterocycles. The summed E-state index contributed by atoms with van der Waals surface area (Å²) in [5.41, 5.74) is 1.14. The normalized spacial score (nSPS) is 14.0. The second kappa shape index (κ2) is 16.6.